The summed E-state index contributed by atoms with van der Waals surface area (Å²) in [6, 6.07) is 9.33. The van der Waals surface area contributed by atoms with Gasteiger partial charge in [0.15, 0.2) is 5.75 Å². The van der Waals surface area contributed by atoms with Gasteiger partial charge in [-0.25, -0.2) is 0 Å². The highest BCUT2D eigenvalue weighted by atomic mass is 17.2. The van der Waals surface area contributed by atoms with E-state index in [1.54, 1.807) is 6.08 Å². The van der Waals surface area contributed by atoms with E-state index in [1.807, 2.05) is 37.1 Å². The molecule has 0 saturated heterocycles. The number of para-hydroxylation sites is 1. The summed E-state index contributed by atoms with van der Waals surface area (Å²) in [6.07, 6.45) is 1.63. The third kappa shape index (κ3) is 5.64. The second-order valence-corrected chi connectivity index (χ2v) is 1.97. The molecule has 0 heterocycles. The summed E-state index contributed by atoms with van der Waals surface area (Å²) in [7, 11) is 0. The molecule has 0 aliphatic rings. The molecule has 1 aromatic carbocycles. The predicted molar refractivity (Wildman–Crippen MR) is 50.3 cm³/mol. The molecule has 13 heavy (non-hydrogen) atoms. The number of hydrogen-bond acceptors (Lipinski definition) is 3. The van der Waals surface area contributed by atoms with Crippen LogP contribution in [-0.2, 0) is 9.68 Å². The monoisotopic (exact) mass is 180 g/mol. The van der Waals surface area contributed by atoms with Crippen molar-refractivity contribution < 1.29 is 14.6 Å². The Labute approximate surface area is 77.5 Å². The molecular weight excluding hydrogens is 168 g/mol. The summed E-state index contributed by atoms with van der Waals surface area (Å²) in [5.74, 6) is 0.703. The van der Waals surface area contributed by atoms with Crippen LogP contribution in [0.3, 0.4) is 0 Å². The maximum Gasteiger partial charge on any atom is 0.165 e. The van der Waals surface area contributed by atoms with Crippen molar-refractivity contribution in [3.05, 3.63) is 43.0 Å². The summed E-state index contributed by atoms with van der Waals surface area (Å²) in [4.78, 5) is 17.6. The summed E-state index contributed by atoms with van der Waals surface area (Å²) in [5, 5.41) is 0. The van der Waals surface area contributed by atoms with Crippen LogP contribution in [0, 0.1) is 0 Å². The van der Waals surface area contributed by atoms with Gasteiger partial charge in [-0.15, -0.1) is 6.58 Å². The molecule has 1 aromatic rings. The molecule has 0 unspecified atom stereocenters. The van der Waals surface area contributed by atoms with Gasteiger partial charge in [-0.1, -0.05) is 24.3 Å². The molecular formula is C10H12O3. The van der Waals surface area contributed by atoms with Crippen molar-refractivity contribution in [3.63, 3.8) is 0 Å². The quantitative estimate of drug-likeness (QED) is 0.307. The largest absolute Gasteiger partial charge is 0.337 e. The zero-order chi connectivity index (χ0) is 9.94. The SMILES string of the molecule is C=CCOOc1ccccc1.C=O. The van der Waals surface area contributed by atoms with Crippen LogP contribution in [0.4, 0.5) is 0 Å². The van der Waals surface area contributed by atoms with E-state index in [0.717, 1.165) is 0 Å². The minimum atomic E-state index is 0.398. The van der Waals surface area contributed by atoms with Crippen LogP contribution in [0.15, 0.2) is 43.0 Å². The molecule has 0 aliphatic carbocycles. The van der Waals surface area contributed by atoms with Gasteiger partial charge < -0.3 is 9.68 Å². The summed E-state index contributed by atoms with van der Waals surface area (Å²) in [6.45, 7) is 5.88. The Hall–Kier alpha value is -1.61. The highest BCUT2D eigenvalue weighted by Gasteiger charge is 1.88. The summed E-state index contributed by atoms with van der Waals surface area (Å²) >= 11 is 0. The van der Waals surface area contributed by atoms with Gasteiger partial charge >= 0.3 is 0 Å². The second kappa shape index (κ2) is 8.49. The van der Waals surface area contributed by atoms with Gasteiger partial charge in [-0.3, -0.25) is 0 Å². The van der Waals surface area contributed by atoms with Crippen molar-refractivity contribution in [3.8, 4) is 5.75 Å². The Morgan fingerprint density at radius 3 is 2.38 bits per heavy atom. The van der Waals surface area contributed by atoms with Crippen LogP contribution in [-0.4, -0.2) is 13.4 Å². The fraction of sp³-hybridized carbons (Fsp3) is 0.100. The Morgan fingerprint density at radius 2 is 1.85 bits per heavy atom. The molecule has 0 aliphatic heterocycles. The lowest BCUT2D eigenvalue weighted by molar-refractivity contribution is -0.195. The smallest absolute Gasteiger partial charge is 0.165 e. The van der Waals surface area contributed by atoms with E-state index in [9.17, 15) is 0 Å². The number of benzene rings is 1. The van der Waals surface area contributed by atoms with Crippen molar-refractivity contribution in [1.82, 2.24) is 0 Å². The fourth-order valence-corrected chi connectivity index (χ4v) is 0.626. The molecule has 0 spiro atoms. The molecule has 0 atom stereocenters. The summed E-state index contributed by atoms with van der Waals surface area (Å²) in [5.41, 5.74) is 0. The van der Waals surface area contributed by atoms with Crippen molar-refractivity contribution in [2.45, 2.75) is 0 Å². The Balaban J connectivity index is 0.000000671. The number of rotatable bonds is 4. The first kappa shape index (κ1) is 11.4. The second-order valence-electron chi connectivity index (χ2n) is 1.97. The van der Waals surface area contributed by atoms with E-state index in [4.69, 9.17) is 14.6 Å². The Morgan fingerprint density at radius 1 is 1.23 bits per heavy atom. The molecule has 3 nitrogen and oxygen atoms in total. The molecule has 0 amide bonds. The average molecular weight is 180 g/mol. The molecule has 0 N–H and O–H groups in total. The fourth-order valence-electron chi connectivity index (χ4n) is 0.626. The van der Waals surface area contributed by atoms with E-state index in [1.165, 1.54) is 0 Å². The minimum absolute atomic E-state index is 0.398. The lowest BCUT2D eigenvalue weighted by atomic mass is 10.3. The standard InChI is InChI=1S/C9H10O2.CH2O/c1-2-8-10-11-9-6-4-3-5-7-9;1-2/h2-7H,1,8H2;1H2. The van der Waals surface area contributed by atoms with Crippen molar-refractivity contribution >= 4 is 6.79 Å². The van der Waals surface area contributed by atoms with E-state index in [-0.39, 0.29) is 0 Å². The molecule has 3 heteroatoms. The van der Waals surface area contributed by atoms with E-state index < -0.39 is 0 Å². The van der Waals surface area contributed by atoms with Gasteiger partial charge in [-0.2, -0.15) is 4.89 Å². The maximum atomic E-state index is 8.00. The molecule has 0 bridgehead atoms. The topological polar surface area (TPSA) is 35.5 Å². The van der Waals surface area contributed by atoms with Crippen molar-refractivity contribution in [2.24, 2.45) is 0 Å². The highest BCUT2D eigenvalue weighted by molar-refractivity contribution is 5.20. The van der Waals surface area contributed by atoms with Crippen LogP contribution in [0.25, 0.3) is 0 Å². The van der Waals surface area contributed by atoms with Gasteiger partial charge in [0.1, 0.15) is 13.4 Å². The zero-order valence-corrected chi connectivity index (χ0v) is 7.31. The maximum absolute atomic E-state index is 8.00. The first-order chi connectivity index (χ1) is 6.43. The van der Waals surface area contributed by atoms with Crippen LogP contribution < -0.4 is 4.89 Å². The van der Waals surface area contributed by atoms with Crippen LogP contribution in [0.5, 0.6) is 5.75 Å². The first-order valence-electron chi connectivity index (χ1n) is 3.68. The molecule has 0 saturated carbocycles. The Bertz CT molecular complexity index is 221. The van der Waals surface area contributed by atoms with E-state index >= 15 is 0 Å². The van der Waals surface area contributed by atoms with Gasteiger partial charge in [-0.05, 0) is 12.1 Å². The normalized spacial score (nSPS) is 8.00. The lowest BCUT2D eigenvalue weighted by Crippen LogP contribution is -1.95. The Kier molecular flexibility index (Phi) is 7.44. The molecule has 0 fully saturated rings. The zero-order valence-electron chi connectivity index (χ0n) is 7.31. The van der Waals surface area contributed by atoms with Gasteiger partial charge in [0.2, 0.25) is 0 Å². The van der Waals surface area contributed by atoms with Gasteiger partial charge in [0.25, 0.3) is 0 Å². The molecule has 0 aromatic heterocycles. The number of carbonyl (C=O) groups excluding carboxylic acids is 1. The van der Waals surface area contributed by atoms with Crippen LogP contribution in [0.2, 0.25) is 0 Å². The van der Waals surface area contributed by atoms with Crippen molar-refractivity contribution in [2.75, 3.05) is 6.61 Å². The van der Waals surface area contributed by atoms with E-state index in [0.29, 0.717) is 12.4 Å². The molecule has 1 rings (SSSR count). The lowest BCUT2D eigenvalue weighted by Gasteiger charge is -2.00. The third-order valence-electron chi connectivity index (χ3n) is 1.08. The third-order valence-corrected chi connectivity index (χ3v) is 1.08. The minimum Gasteiger partial charge on any atom is -0.337 e. The first-order valence-corrected chi connectivity index (χ1v) is 3.68. The molecule has 70 valence electrons. The van der Waals surface area contributed by atoms with E-state index in [2.05, 4.69) is 6.58 Å². The summed E-state index contributed by atoms with van der Waals surface area (Å²) < 4.78 is 0. The van der Waals surface area contributed by atoms with Gasteiger partial charge in [0, 0.05) is 0 Å². The number of carbonyl (C=O) groups is 1. The van der Waals surface area contributed by atoms with Gasteiger partial charge in [0.05, 0.1) is 0 Å². The van der Waals surface area contributed by atoms with Crippen LogP contribution >= 0.6 is 0 Å². The van der Waals surface area contributed by atoms with Crippen LogP contribution in [0.1, 0.15) is 0 Å². The molecule has 0 radical (unpaired) electrons. The van der Waals surface area contributed by atoms with Crippen molar-refractivity contribution in [1.29, 1.82) is 0 Å². The average Bonchev–Trinajstić information content (AvgIpc) is 2.23. The predicted octanol–water partition coefficient (Wildman–Crippen LogP) is 2.00. The number of hydrogen-bond donors (Lipinski definition) is 0. The highest BCUT2D eigenvalue weighted by Crippen LogP contribution is 2.07.